The van der Waals surface area contributed by atoms with Crippen molar-refractivity contribution >= 4 is 20.8 Å². The lowest BCUT2D eigenvalue weighted by atomic mass is 9.94. The van der Waals surface area contributed by atoms with E-state index in [0.29, 0.717) is 21.1 Å². The van der Waals surface area contributed by atoms with Gasteiger partial charge in [-0.25, -0.2) is 0 Å². The first-order chi connectivity index (χ1) is 12.1. The predicted octanol–water partition coefficient (Wildman–Crippen LogP) is -0.880. The van der Waals surface area contributed by atoms with Crippen LogP contribution in [0.1, 0.15) is 19.8 Å². The lowest BCUT2D eigenvalue weighted by molar-refractivity contribution is 0.183. The molecule has 136 valence electrons. The molecule has 3 N–H and O–H groups in total. The number of fused-ring (bicyclic) bond motifs is 2. The van der Waals surface area contributed by atoms with Gasteiger partial charge < -0.3 is 30.2 Å². The second-order valence-electron chi connectivity index (χ2n) is 7.10. The summed E-state index contributed by atoms with van der Waals surface area (Å²) in [4.78, 5) is 9.46. The zero-order chi connectivity index (χ0) is 17.8. The van der Waals surface area contributed by atoms with Gasteiger partial charge in [-0.3, -0.25) is 4.90 Å². The Hall–Kier alpha value is -1.28. The standard InChI is InChI=1S/C16H29B2N5O2/c1-11-6-12(20-16(17-25-10-19)21-18-24-3)4-5-15(11)23-9-13-7-14(23)8-22(13)2/h5-6,12-14,17-18H,4,7-10,19H2,1-3H3,(H,20,21). The fourth-order valence-electron chi connectivity index (χ4n) is 4.11. The average Bonchev–Trinajstić information content (AvgIpc) is 3.16. The van der Waals surface area contributed by atoms with E-state index in [-0.39, 0.29) is 12.8 Å². The number of hydrogen-bond acceptors (Lipinski definition) is 6. The number of likely N-dealkylation sites (N-methyl/N-ethyl adjacent to an activating group) is 1. The summed E-state index contributed by atoms with van der Waals surface area (Å²) in [6.45, 7) is 4.73. The second-order valence-corrected chi connectivity index (χ2v) is 7.10. The van der Waals surface area contributed by atoms with Crippen molar-refractivity contribution in [2.75, 3.05) is 34.0 Å². The summed E-state index contributed by atoms with van der Waals surface area (Å²) in [5.74, 6) is 0. The molecule has 0 amide bonds. The molecule has 2 heterocycles. The van der Waals surface area contributed by atoms with Gasteiger partial charge in [-0.2, -0.15) is 0 Å². The summed E-state index contributed by atoms with van der Waals surface area (Å²) in [5, 5.41) is 3.45. The number of hydrogen-bond donors (Lipinski definition) is 2. The Morgan fingerprint density at radius 2 is 2.28 bits per heavy atom. The Morgan fingerprint density at radius 3 is 2.88 bits per heavy atom. The highest BCUT2D eigenvalue weighted by Gasteiger charge is 2.42. The van der Waals surface area contributed by atoms with Gasteiger partial charge in [0.05, 0.1) is 12.5 Å². The van der Waals surface area contributed by atoms with Gasteiger partial charge in [0, 0.05) is 44.0 Å². The molecule has 3 rings (SSSR count). The van der Waals surface area contributed by atoms with Crippen molar-refractivity contribution in [2.45, 2.75) is 37.9 Å². The molecule has 2 saturated heterocycles. The van der Waals surface area contributed by atoms with Crippen LogP contribution in [0.4, 0.5) is 0 Å². The zero-order valence-corrected chi connectivity index (χ0v) is 15.6. The molecule has 2 aliphatic heterocycles. The topological polar surface area (TPSA) is 75.3 Å². The minimum absolute atomic E-state index is 0.184. The van der Waals surface area contributed by atoms with E-state index in [0.717, 1.165) is 24.7 Å². The monoisotopic (exact) mass is 345 g/mol. The third-order valence-corrected chi connectivity index (χ3v) is 5.34. The van der Waals surface area contributed by atoms with Crippen molar-refractivity contribution in [2.24, 2.45) is 10.6 Å². The molecular weight excluding hydrogens is 316 g/mol. The van der Waals surface area contributed by atoms with E-state index in [1.807, 2.05) is 0 Å². The molecular formula is C16H29B2N5O2. The van der Waals surface area contributed by atoms with Crippen LogP contribution in [0, 0.1) is 0 Å². The highest BCUT2D eigenvalue weighted by Crippen LogP contribution is 2.35. The molecule has 0 radical (unpaired) electrons. The van der Waals surface area contributed by atoms with Crippen LogP contribution in [-0.4, -0.2) is 82.7 Å². The van der Waals surface area contributed by atoms with E-state index in [9.17, 15) is 0 Å². The van der Waals surface area contributed by atoms with Crippen LogP contribution in [0.25, 0.3) is 0 Å². The third-order valence-electron chi connectivity index (χ3n) is 5.34. The SMILES string of the molecule is COB/N=C(\BOCN)NC1C=C(C)C(N2CC3CC2CN3C)=CC1. The number of nitrogens with one attached hydrogen (secondary N) is 1. The first kappa shape index (κ1) is 18.5. The Kier molecular flexibility index (Phi) is 6.22. The van der Waals surface area contributed by atoms with Crippen molar-refractivity contribution < 1.29 is 9.31 Å². The van der Waals surface area contributed by atoms with E-state index < -0.39 is 0 Å². The second kappa shape index (κ2) is 8.40. The van der Waals surface area contributed by atoms with E-state index in [1.54, 1.807) is 7.11 Å². The minimum atomic E-state index is 0.184. The van der Waals surface area contributed by atoms with Gasteiger partial charge in [0.1, 0.15) is 0 Å². The lowest BCUT2D eigenvalue weighted by Crippen LogP contribution is -2.45. The largest absolute Gasteiger partial charge is 0.421 e. The summed E-state index contributed by atoms with van der Waals surface area (Å²) in [6.07, 6.45) is 6.92. The van der Waals surface area contributed by atoms with Crippen LogP contribution in [-0.2, 0) is 9.31 Å². The van der Waals surface area contributed by atoms with Gasteiger partial charge in [0.2, 0.25) is 0 Å². The number of rotatable bonds is 7. The Labute approximate surface area is 151 Å². The molecule has 3 aliphatic rings. The van der Waals surface area contributed by atoms with Crippen LogP contribution < -0.4 is 11.1 Å². The molecule has 7 nitrogen and oxygen atoms in total. The number of likely N-dealkylation sites (tertiary alicyclic amines) is 2. The predicted molar refractivity (Wildman–Crippen MR) is 104 cm³/mol. The average molecular weight is 345 g/mol. The quantitative estimate of drug-likeness (QED) is 0.270. The Balaban J connectivity index is 1.59. The molecule has 9 heteroatoms. The normalized spacial score (nSPS) is 29.5. The maximum atomic E-state index is 5.42. The molecule has 3 unspecified atom stereocenters. The maximum Gasteiger partial charge on any atom is 0.416 e. The van der Waals surface area contributed by atoms with Crippen LogP contribution in [0.3, 0.4) is 0 Å². The van der Waals surface area contributed by atoms with Gasteiger partial charge in [-0.1, -0.05) is 12.2 Å². The lowest BCUT2D eigenvalue weighted by Gasteiger charge is -2.37. The van der Waals surface area contributed by atoms with Crippen LogP contribution in [0.5, 0.6) is 0 Å². The number of nitrogens with two attached hydrogens (primary N) is 1. The van der Waals surface area contributed by atoms with E-state index in [4.69, 9.17) is 15.0 Å². The number of nitrogens with zero attached hydrogens (tertiary/aromatic N) is 3. The third kappa shape index (κ3) is 4.28. The fraction of sp³-hybridized carbons (Fsp3) is 0.688. The molecule has 2 fully saturated rings. The fourth-order valence-corrected chi connectivity index (χ4v) is 4.11. The van der Waals surface area contributed by atoms with Gasteiger partial charge >= 0.3 is 15.1 Å². The molecule has 0 aromatic carbocycles. The van der Waals surface area contributed by atoms with E-state index in [2.05, 4.69) is 46.1 Å². The Bertz CT molecular complexity index is 567. The molecule has 3 atom stereocenters. The molecule has 2 bridgehead atoms. The first-order valence-corrected chi connectivity index (χ1v) is 9.04. The highest BCUT2D eigenvalue weighted by atomic mass is 16.4. The molecule has 0 aromatic heterocycles. The number of piperazine rings is 1. The zero-order valence-electron chi connectivity index (χ0n) is 15.6. The summed E-state index contributed by atoms with van der Waals surface area (Å²) in [6, 6.07) is 1.62. The molecule has 25 heavy (non-hydrogen) atoms. The van der Waals surface area contributed by atoms with Crippen molar-refractivity contribution in [3.8, 4) is 0 Å². The van der Waals surface area contributed by atoms with Gasteiger partial charge in [-0.15, -0.1) is 0 Å². The molecule has 0 saturated carbocycles. The highest BCUT2D eigenvalue weighted by molar-refractivity contribution is 6.71. The Morgan fingerprint density at radius 1 is 1.44 bits per heavy atom. The summed E-state index contributed by atoms with van der Waals surface area (Å²) in [7, 11) is 4.56. The van der Waals surface area contributed by atoms with Crippen molar-refractivity contribution in [1.29, 1.82) is 0 Å². The number of amidine groups is 1. The summed E-state index contributed by atoms with van der Waals surface area (Å²) < 4.78 is 10.3. The molecule has 1 aliphatic carbocycles. The number of allylic oxidation sites excluding steroid dienone is 1. The van der Waals surface area contributed by atoms with Gasteiger partial charge in [-0.05, 0) is 32.4 Å². The smallest absolute Gasteiger partial charge is 0.416 e. The van der Waals surface area contributed by atoms with Crippen LogP contribution >= 0.6 is 0 Å². The molecule has 0 aromatic rings. The summed E-state index contributed by atoms with van der Waals surface area (Å²) in [5.41, 5.74) is 8.95. The van der Waals surface area contributed by atoms with Crippen molar-refractivity contribution in [3.05, 3.63) is 23.4 Å². The van der Waals surface area contributed by atoms with Gasteiger partial charge in [0.25, 0.3) is 0 Å². The van der Waals surface area contributed by atoms with Crippen molar-refractivity contribution in [3.63, 3.8) is 0 Å². The van der Waals surface area contributed by atoms with Crippen LogP contribution in [0.15, 0.2) is 28.3 Å². The van der Waals surface area contributed by atoms with Crippen LogP contribution in [0.2, 0.25) is 0 Å². The van der Waals surface area contributed by atoms with E-state index >= 15 is 0 Å². The van der Waals surface area contributed by atoms with E-state index in [1.165, 1.54) is 24.2 Å². The molecule has 0 spiro atoms. The van der Waals surface area contributed by atoms with Gasteiger partial charge in [0.15, 0.2) is 0 Å². The summed E-state index contributed by atoms with van der Waals surface area (Å²) >= 11 is 0. The maximum absolute atomic E-state index is 5.42. The van der Waals surface area contributed by atoms with Crippen molar-refractivity contribution in [1.82, 2.24) is 15.1 Å². The first-order valence-electron chi connectivity index (χ1n) is 9.04. The minimum Gasteiger partial charge on any atom is -0.421 e.